The van der Waals surface area contributed by atoms with Gasteiger partial charge in [-0.1, -0.05) is 12.1 Å². The standard InChI is InChI=1S/C20H20N4O2/c1-13-10-14(2)24(23-13)18-8-6-16(7-9-18)20(26)22-12-15-4-3-5-17(11-15)19(21)25/h3-11H,12H2,1-2H3,(H2,21,25)(H,22,26). The highest BCUT2D eigenvalue weighted by Crippen LogP contribution is 2.13. The number of rotatable bonds is 5. The van der Waals surface area contributed by atoms with Gasteiger partial charge in [-0.05, 0) is 61.9 Å². The molecule has 0 aliphatic heterocycles. The summed E-state index contributed by atoms with van der Waals surface area (Å²) in [4.78, 5) is 23.5. The Morgan fingerprint density at radius 3 is 2.38 bits per heavy atom. The number of aryl methyl sites for hydroxylation is 2. The molecule has 0 radical (unpaired) electrons. The van der Waals surface area contributed by atoms with E-state index in [0.717, 1.165) is 22.6 Å². The molecule has 6 nitrogen and oxygen atoms in total. The summed E-state index contributed by atoms with van der Waals surface area (Å²) in [5, 5.41) is 7.27. The van der Waals surface area contributed by atoms with E-state index in [1.54, 1.807) is 30.3 Å². The fourth-order valence-electron chi connectivity index (χ4n) is 2.76. The van der Waals surface area contributed by atoms with Crippen molar-refractivity contribution in [3.05, 3.63) is 82.7 Å². The SMILES string of the molecule is Cc1cc(C)n(-c2ccc(C(=O)NCc3cccc(C(N)=O)c3)cc2)n1. The second-order valence-corrected chi connectivity index (χ2v) is 6.13. The van der Waals surface area contributed by atoms with Crippen molar-refractivity contribution in [2.45, 2.75) is 20.4 Å². The Morgan fingerprint density at radius 2 is 1.77 bits per heavy atom. The molecule has 1 aromatic heterocycles. The van der Waals surface area contributed by atoms with E-state index in [9.17, 15) is 9.59 Å². The molecule has 6 heteroatoms. The summed E-state index contributed by atoms with van der Waals surface area (Å²) in [5.41, 5.74) is 9.95. The molecular formula is C20H20N4O2. The van der Waals surface area contributed by atoms with Gasteiger partial charge >= 0.3 is 0 Å². The quantitative estimate of drug-likeness (QED) is 0.742. The van der Waals surface area contributed by atoms with Crippen LogP contribution in [0.3, 0.4) is 0 Å². The molecule has 1 heterocycles. The molecule has 2 aromatic carbocycles. The molecule has 26 heavy (non-hydrogen) atoms. The number of primary amides is 1. The van der Waals surface area contributed by atoms with Crippen LogP contribution in [0.15, 0.2) is 54.6 Å². The number of nitrogens with one attached hydrogen (secondary N) is 1. The number of hydrogen-bond acceptors (Lipinski definition) is 3. The topological polar surface area (TPSA) is 90.0 Å². The normalized spacial score (nSPS) is 10.5. The lowest BCUT2D eigenvalue weighted by molar-refractivity contribution is 0.0950. The number of nitrogens with two attached hydrogens (primary N) is 1. The summed E-state index contributed by atoms with van der Waals surface area (Å²) in [5.74, 6) is -0.674. The first-order valence-corrected chi connectivity index (χ1v) is 8.24. The Labute approximate surface area is 151 Å². The molecule has 0 bridgehead atoms. The van der Waals surface area contributed by atoms with Crippen LogP contribution < -0.4 is 11.1 Å². The lowest BCUT2D eigenvalue weighted by Gasteiger charge is -2.08. The molecule has 3 N–H and O–H groups in total. The van der Waals surface area contributed by atoms with E-state index in [2.05, 4.69) is 10.4 Å². The van der Waals surface area contributed by atoms with Gasteiger partial charge in [-0.25, -0.2) is 4.68 Å². The fourth-order valence-corrected chi connectivity index (χ4v) is 2.76. The predicted molar refractivity (Wildman–Crippen MR) is 99.2 cm³/mol. The van der Waals surface area contributed by atoms with Gasteiger partial charge in [0, 0.05) is 23.4 Å². The Balaban J connectivity index is 1.68. The highest BCUT2D eigenvalue weighted by molar-refractivity contribution is 5.94. The lowest BCUT2D eigenvalue weighted by Crippen LogP contribution is -2.23. The zero-order chi connectivity index (χ0) is 18.7. The maximum atomic E-state index is 12.3. The number of benzene rings is 2. The van der Waals surface area contributed by atoms with Crippen LogP contribution in [0.4, 0.5) is 0 Å². The van der Waals surface area contributed by atoms with Crippen LogP contribution in [-0.2, 0) is 6.54 Å². The first kappa shape index (κ1) is 17.4. The smallest absolute Gasteiger partial charge is 0.251 e. The van der Waals surface area contributed by atoms with E-state index in [1.165, 1.54) is 0 Å². The third-order valence-corrected chi connectivity index (χ3v) is 4.05. The predicted octanol–water partition coefficient (Wildman–Crippen LogP) is 2.52. The van der Waals surface area contributed by atoms with Crippen LogP contribution in [0, 0.1) is 13.8 Å². The van der Waals surface area contributed by atoms with Crippen LogP contribution in [-0.4, -0.2) is 21.6 Å². The maximum absolute atomic E-state index is 12.3. The molecule has 3 aromatic rings. The first-order chi connectivity index (χ1) is 12.4. The van der Waals surface area contributed by atoms with Gasteiger partial charge in [0.25, 0.3) is 5.91 Å². The average Bonchev–Trinajstić information content (AvgIpc) is 2.98. The molecule has 0 atom stereocenters. The van der Waals surface area contributed by atoms with Crippen LogP contribution in [0.2, 0.25) is 0 Å². The third-order valence-electron chi connectivity index (χ3n) is 4.05. The number of amides is 2. The van der Waals surface area contributed by atoms with E-state index in [0.29, 0.717) is 17.7 Å². The number of nitrogens with zero attached hydrogens (tertiary/aromatic N) is 2. The van der Waals surface area contributed by atoms with Crippen molar-refractivity contribution in [1.82, 2.24) is 15.1 Å². The molecule has 2 amide bonds. The molecule has 3 rings (SSSR count). The second kappa shape index (κ2) is 7.23. The van der Waals surface area contributed by atoms with E-state index in [4.69, 9.17) is 5.73 Å². The van der Waals surface area contributed by atoms with Gasteiger partial charge in [-0.3, -0.25) is 9.59 Å². The van der Waals surface area contributed by atoms with E-state index >= 15 is 0 Å². The summed E-state index contributed by atoms with van der Waals surface area (Å²) >= 11 is 0. The maximum Gasteiger partial charge on any atom is 0.251 e. The molecular weight excluding hydrogens is 328 g/mol. The van der Waals surface area contributed by atoms with Crippen LogP contribution in [0.1, 0.15) is 37.7 Å². The summed E-state index contributed by atoms with van der Waals surface area (Å²) in [6.07, 6.45) is 0. The van der Waals surface area contributed by atoms with Crippen LogP contribution >= 0.6 is 0 Å². The number of aromatic nitrogens is 2. The molecule has 132 valence electrons. The number of carbonyl (C=O) groups excluding carboxylic acids is 2. The average molecular weight is 348 g/mol. The van der Waals surface area contributed by atoms with Crippen molar-refractivity contribution in [2.24, 2.45) is 5.73 Å². The van der Waals surface area contributed by atoms with Gasteiger partial charge in [0.1, 0.15) is 0 Å². The van der Waals surface area contributed by atoms with Crippen molar-refractivity contribution in [2.75, 3.05) is 0 Å². The molecule has 0 aliphatic carbocycles. The second-order valence-electron chi connectivity index (χ2n) is 6.13. The minimum absolute atomic E-state index is 0.186. The van der Waals surface area contributed by atoms with Crippen molar-refractivity contribution >= 4 is 11.8 Å². The summed E-state index contributed by atoms with van der Waals surface area (Å²) in [6.45, 7) is 4.25. The van der Waals surface area contributed by atoms with Crippen LogP contribution in [0.25, 0.3) is 5.69 Å². The molecule has 0 saturated heterocycles. The fraction of sp³-hybridized carbons (Fsp3) is 0.150. The highest BCUT2D eigenvalue weighted by Gasteiger charge is 2.08. The van der Waals surface area contributed by atoms with Gasteiger partial charge in [0.2, 0.25) is 5.91 Å². The number of hydrogen-bond donors (Lipinski definition) is 2. The van der Waals surface area contributed by atoms with Gasteiger partial charge < -0.3 is 11.1 Å². The molecule has 0 spiro atoms. The zero-order valence-electron chi connectivity index (χ0n) is 14.7. The third kappa shape index (κ3) is 3.80. The zero-order valence-corrected chi connectivity index (χ0v) is 14.7. The molecule has 0 unspecified atom stereocenters. The van der Waals surface area contributed by atoms with E-state index in [-0.39, 0.29) is 5.91 Å². The summed E-state index contributed by atoms with van der Waals surface area (Å²) in [6, 6.07) is 16.1. The Bertz CT molecular complexity index is 958. The van der Waals surface area contributed by atoms with Crippen molar-refractivity contribution < 1.29 is 9.59 Å². The molecule has 0 aliphatic rings. The van der Waals surface area contributed by atoms with Gasteiger partial charge in [-0.15, -0.1) is 0 Å². The Kier molecular flexibility index (Phi) is 4.84. The summed E-state index contributed by atoms with van der Waals surface area (Å²) < 4.78 is 1.84. The van der Waals surface area contributed by atoms with Gasteiger partial charge in [0.15, 0.2) is 0 Å². The minimum Gasteiger partial charge on any atom is -0.366 e. The van der Waals surface area contributed by atoms with Crippen molar-refractivity contribution in [3.63, 3.8) is 0 Å². The van der Waals surface area contributed by atoms with E-state index in [1.807, 2.05) is 42.8 Å². The van der Waals surface area contributed by atoms with Crippen LogP contribution in [0.5, 0.6) is 0 Å². The summed E-state index contributed by atoms with van der Waals surface area (Å²) in [7, 11) is 0. The number of carbonyl (C=O) groups is 2. The molecule has 0 saturated carbocycles. The van der Waals surface area contributed by atoms with Crippen molar-refractivity contribution in [3.8, 4) is 5.69 Å². The first-order valence-electron chi connectivity index (χ1n) is 8.24. The monoisotopic (exact) mass is 348 g/mol. The lowest BCUT2D eigenvalue weighted by atomic mass is 10.1. The van der Waals surface area contributed by atoms with Gasteiger partial charge in [-0.2, -0.15) is 5.10 Å². The van der Waals surface area contributed by atoms with Gasteiger partial charge in [0.05, 0.1) is 11.4 Å². The Hall–Kier alpha value is -3.41. The van der Waals surface area contributed by atoms with E-state index < -0.39 is 5.91 Å². The minimum atomic E-state index is -0.488. The van der Waals surface area contributed by atoms with Crippen molar-refractivity contribution in [1.29, 1.82) is 0 Å². The Morgan fingerprint density at radius 1 is 1.04 bits per heavy atom. The largest absolute Gasteiger partial charge is 0.366 e. The highest BCUT2D eigenvalue weighted by atomic mass is 16.2. The molecule has 0 fully saturated rings.